The fraction of sp³-hybridized carbons (Fsp3) is 0.182. The molecule has 0 aliphatic carbocycles. The number of carboxylic acid groups (broad SMARTS) is 1. The number of benzene rings is 2. The zero-order valence-electron chi connectivity index (χ0n) is 16.9. The Hall–Kier alpha value is -4.14. The van der Waals surface area contributed by atoms with Crippen LogP contribution in [0.3, 0.4) is 0 Å². The molecule has 0 radical (unpaired) electrons. The number of carbonyl (C=O) groups is 1. The maximum absolute atomic E-state index is 12.6. The first-order valence-electron chi connectivity index (χ1n) is 9.68. The van der Waals surface area contributed by atoms with Gasteiger partial charge in [-0.2, -0.15) is 4.98 Å². The second-order valence-corrected chi connectivity index (χ2v) is 7.21. The van der Waals surface area contributed by atoms with Gasteiger partial charge in [0.2, 0.25) is 5.95 Å². The highest BCUT2D eigenvalue weighted by Crippen LogP contribution is 2.23. The van der Waals surface area contributed by atoms with Gasteiger partial charge >= 0.3 is 11.7 Å². The average molecular weight is 419 g/mol. The van der Waals surface area contributed by atoms with E-state index in [0.29, 0.717) is 19.0 Å². The molecule has 0 aliphatic rings. The fourth-order valence-corrected chi connectivity index (χ4v) is 3.55. The topological polar surface area (TPSA) is 113 Å². The van der Waals surface area contributed by atoms with E-state index in [1.165, 1.54) is 16.2 Å². The molecule has 2 aromatic heterocycles. The van der Waals surface area contributed by atoms with Gasteiger partial charge < -0.3 is 10.0 Å². The number of aryl methyl sites for hydroxylation is 1. The number of imidazole rings is 1. The summed E-state index contributed by atoms with van der Waals surface area (Å²) in [6.07, 6.45) is 0. The summed E-state index contributed by atoms with van der Waals surface area (Å²) in [5, 5.41) is 9.50. The first-order valence-corrected chi connectivity index (χ1v) is 9.68. The van der Waals surface area contributed by atoms with Crippen LogP contribution in [0.1, 0.15) is 11.1 Å². The van der Waals surface area contributed by atoms with E-state index >= 15 is 0 Å². The number of nitrogens with one attached hydrogen (secondary N) is 1. The van der Waals surface area contributed by atoms with E-state index in [-0.39, 0.29) is 11.2 Å². The highest BCUT2D eigenvalue weighted by Gasteiger charge is 2.23. The molecular formula is C22H21N5O4. The Balaban J connectivity index is 1.92. The number of aliphatic carboxylic acids is 1. The summed E-state index contributed by atoms with van der Waals surface area (Å²) in [6.45, 7) is 0.405. The van der Waals surface area contributed by atoms with Crippen molar-refractivity contribution in [3.8, 4) is 0 Å². The van der Waals surface area contributed by atoms with Crippen molar-refractivity contribution in [2.45, 2.75) is 19.6 Å². The summed E-state index contributed by atoms with van der Waals surface area (Å²) in [5.41, 5.74) is 0.895. The predicted molar refractivity (Wildman–Crippen MR) is 116 cm³/mol. The molecule has 0 saturated heterocycles. The Bertz CT molecular complexity index is 1300. The number of rotatable bonds is 7. The van der Waals surface area contributed by atoms with E-state index in [1.807, 2.05) is 65.6 Å². The van der Waals surface area contributed by atoms with Crippen LogP contribution in [0.25, 0.3) is 11.2 Å². The van der Waals surface area contributed by atoms with Crippen molar-refractivity contribution in [2.24, 2.45) is 7.05 Å². The van der Waals surface area contributed by atoms with E-state index in [4.69, 9.17) is 0 Å². The van der Waals surface area contributed by atoms with Gasteiger partial charge in [-0.05, 0) is 11.1 Å². The summed E-state index contributed by atoms with van der Waals surface area (Å²) in [6, 6.07) is 19.4. The molecule has 0 bridgehead atoms. The SMILES string of the molecule is Cn1c(=O)[nH]c(=O)c2c1nc(N(Cc1ccccc1)Cc1ccccc1)n2CC(=O)O. The molecule has 4 rings (SSSR count). The Morgan fingerprint density at radius 3 is 2.06 bits per heavy atom. The molecule has 0 atom stereocenters. The molecule has 0 amide bonds. The van der Waals surface area contributed by atoms with Crippen LogP contribution in [-0.2, 0) is 31.5 Å². The third kappa shape index (κ3) is 4.11. The fourth-order valence-electron chi connectivity index (χ4n) is 3.55. The van der Waals surface area contributed by atoms with Crippen LogP contribution in [0.2, 0.25) is 0 Å². The van der Waals surface area contributed by atoms with Gasteiger partial charge in [-0.3, -0.25) is 23.7 Å². The van der Waals surface area contributed by atoms with Gasteiger partial charge in [0, 0.05) is 20.1 Å². The number of aromatic nitrogens is 4. The molecular weight excluding hydrogens is 398 g/mol. The van der Waals surface area contributed by atoms with Crippen LogP contribution < -0.4 is 16.1 Å². The molecule has 0 unspecified atom stereocenters. The summed E-state index contributed by atoms with van der Waals surface area (Å²) in [7, 11) is 1.49. The number of hydrogen-bond acceptors (Lipinski definition) is 5. The molecule has 9 heteroatoms. The smallest absolute Gasteiger partial charge is 0.329 e. The van der Waals surface area contributed by atoms with Crippen molar-refractivity contribution in [3.05, 3.63) is 92.6 Å². The average Bonchev–Trinajstić information content (AvgIpc) is 3.12. The lowest BCUT2D eigenvalue weighted by molar-refractivity contribution is -0.137. The van der Waals surface area contributed by atoms with Gasteiger partial charge in [0.05, 0.1) is 0 Å². The summed E-state index contributed by atoms with van der Waals surface area (Å²) in [5.74, 6) is -0.815. The van der Waals surface area contributed by atoms with Gasteiger partial charge in [-0.25, -0.2) is 4.79 Å². The number of nitrogens with zero attached hydrogens (tertiary/aromatic N) is 4. The van der Waals surface area contributed by atoms with Gasteiger partial charge in [-0.1, -0.05) is 60.7 Å². The Morgan fingerprint density at radius 1 is 1.00 bits per heavy atom. The zero-order chi connectivity index (χ0) is 22.0. The molecule has 158 valence electrons. The number of fused-ring (bicyclic) bond motifs is 1. The lowest BCUT2D eigenvalue weighted by Crippen LogP contribution is -2.30. The quantitative estimate of drug-likeness (QED) is 0.472. The monoisotopic (exact) mass is 419 g/mol. The Labute approximate surface area is 176 Å². The zero-order valence-corrected chi connectivity index (χ0v) is 16.9. The summed E-state index contributed by atoms with van der Waals surface area (Å²) < 4.78 is 2.56. The summed E-state index contributed by atoms with van der Waals surface area (Å²) in [4.78, 5) is 44.9. The third-order valence-electron chi connectivity index (χ3n) is 5.00. The van der Waals surface area contributed by atoms with Crippen LogP contribution in [0.5, 0.6) is 0 Å². The van der Waals surface area contributed by atoms with Gasteiger partial charge in [0.25, 0.3) is 5.56 Å². The van der Waals surface area contributed by atoms with Crippen LogP contribution in [0.4, 0.5) is 5.95 Å². The van der Waals surface area contributed by atoms with Crippen molar-refractivity contribution < 1.29 is 9.90 Å². The first-order chi connectivity index (χ1) is 14.9. The number of aromatic amines is 1. The Kier molecular flexibility index (Phi) is 5.40. The number of H-pyrrole nitrogens is 1. The third-order valence-corrected chi connectivity index (χ3v) is 5.00. The standard InChI is InChI=1S/C22H21N5O4/c1-25-19-18(20(30)24-22(25)31)27(14-17(28)29)21(23-19)26(12-15-8-4-2-5-9-15)13-16-10-6-3-7-11-16/h2-11H,12-14H2,1H3,(H,28,29)(H,24,30,31). The Morgan fingerprint density at radius 2 is 1.55 bits per heavy atom. The molecule has 2 N–H and O–H groups in total. The van der Waals surface area contributed by atoms with E-state index < -0.39 is 23.8 Å². The molecule has 31 heavy (non-hydrogen) atoms. The van der Waals surface area contributed by atoms with Gasteiger partial charge in [0.15, 0.2) is 11.2 Å². The molecule has 0 saturated carbocycles. The lowest BCUT2D eigenvalue weighted by atomic mass is 10.2. The molecule has 0 aliphatic heterocycles. The largest absolute Gasteiger partial charge is 0.480 e. The molecule has 0 fully saturated rings. The maximum atomic E-state index is 12.6. The number of anilines is 1. The van der Waals surface area contributed by atoms with E-state index in [0.717, 1.165) is 11.1 Å². The molecule has 9 nitrogen and oxygen atoms in total. The minimum Gasteiger partial charge on any atom is -0.480 e. The maximum Gasteiger partial charge on any atom is 0.329 e. The molecule has 2 aromatic carbocycles. The second-order valence-electron chi connectivity index (χ2n) is 7.21. The van der Waals surface area contributed by atoms with Crippen LogP contribution in [0.15, 0.2) is 70.3 Å². The van der Waals surface area contributed by atoms with E-state index in [1.54, 1.807) is 0 Å². The lowest BCUT2D eigenvalue weighted by Gasteiger charge is -2.24. The molecule has 0 spiro atoms. The predicted octanol–water partition coefficient (Wildman–Crippen LogP) is 1.71. The van der Waals surface area contributed by atoms with Crippen molar-refractivity contribution in [3.63, 3.8) is 0 Å². The van der Waals surface area contributed by atoms with Crippen LogP contribution in [0, 0.1) is 0 Å². The van der Waals surface area contributed by atoms with Crippen molar-refractivity contribution in [2.75, 3.05) is 4.90 Å². The number of carboxylic acids is 1. The van der Waals surface area contributed by atoms with Crippen molar-refractivity contribution in [1.82, 2.24) is 19.1 Å². The molecule has 4 aromatic rings. The minimum atomic E-state index is -1.12. The highest BCUT2D eigenvalue weighted by atomic mass is 16.4. The number of hydrogen-bond donors (Lipinski definition) is 2. The summed E-state index contributed by atoms with van der Waals surface area (Å²) >= 11 is 0. The minimum absolute atomic E-state index is 0.0469. The van der Waals surface area contributed by atoms with Gasteiger partial charge in [0.1, 0.15) is 6.54 Å². The first kappa shape index (κ1) is 20.1. The van der Waals surface area contributed by atoms with E-state index in [9.17, 15) is 19.5 Å². The van der Waals surface area contributed by atoms with Crippen molar-refractivity contribution in [1.29, 1.82) is 0 Å². The van der Waals surface area contributed by atoms with E-state index in [2.05, 4.69) is 9.97 Å². The molecule has 2 heterocycles. The second kappa shape index (κ2) is 8.31. The van der Waals surface area contributed by atoms with Crippen LogP contribution in [-0.4, -0.2) is 30.2 Å². The van der Waals surface area contributed by atoms with Crippen molar-refractivity contribution >= 4 is 23.1 Å². The highest BCUT2D eigenvalue weighted by molar-refractivity contribution is 5.78. The van der Waals surface area contributed by atoms with Gasteiger partial charge in [-0.15, -0.1) is 0 Å². The van der Waals surface area contributed by atoms with Crippen LogP contribution >= 0.6 is 0 Å². The normalized spacial score (nSPS) is 11.0.